The SMILES string of the molecule is Cc1cc(N(CCN)CC(C)C)n2ncnc2c1. The van der Waals surface area contributed by atoms with Gasteiger partial charge in [-0.05, 0) is 30.5 Å². The second-order valence-corrected chi connectivity index (χ2v) is 5.05. The average molecular weight is 247 g/mol. The first-order valence-corrected chi connectivity index (χ1v) is 6.37. The van der Waals surface area contributed by atoms with Crippen LogP contribution in [0.2, 0.25) is 0 Å². The number of anilines is 1. The number of rotatable bonds is 5. The second-order valence-electron chi connectivity index (χ2n) is 5.05. The van der Waals surface area contributed by atoms with Crippen molar-refractivity contribution in [2.75, 3.05) is 24.5 Å². The molecule has 2 aromatic rings. The number of pyridine rings is 1. The van der Waals surface area contributed by atoms with Gasteiger partial charge in [0.2, 0.25) is 0 Å². The molecular weight excluding hydrogens is 226 g/mol. The van der Waals surface area contributed by atoms with Crippen LogP contribution in [-0.4, -0.2) is 34.2 Å². The van der Waals surface area contributed by atoms with Crippen molar-refractivity contribution in [3.8, 4) is 0 Å². The van der Waals surface area contributed by atoms with Gasteiger partial charge in [0.25, 0.3) is 0 Å². The van der Waals surface area contributed by atoms with E-state index in [9.17, 15) is 0 Å². The van der Waals surface area contributed by atoms with Crippen LogP contribution in [0.25, 0.3) is 5.65 Å². The lowest BCUT2D eigenvalue weighted by atomic mass is 10.2. The Morgan fingerprint density at radius 3 is 2.83 bits per heavy atom. The largest absolute Gasteiger partial charge is 0.355 e. The first kappa shape index (κ1) is 12.8. The van der Waals surface area contributed by atoms with E-state index in [1.165, 1.54) is 5.56 Å². The third-order valence-electron chi connectivity index (χ3n) is 2.81. The third kappa shape index (κ3) is 2.61. The standard InChI is InChI=1S/C13H21N5/c1-10(2)8-17(5-4-14)13-7-11(3)6-12-15-9-16-18(12)13/h6-7,9-10H,4-5,8,14H2,1-3H3. The van der Waals surface area contributed by atoms with Crippen LogP contribution < -0.4 is 10.6 Å². The normalized spacial score (nSPS) is 11.4. The van der Waals surface area contributed by atoms with E-state index in [-0.39, 0.29) is 0 Å². The van der Waals surface area contributed by atoms with Gasteiger partial charge in [0, 0.05) is 19.6 Å². The number of nitrogens with two attached hydrogens (primary N) is 1. The smallest absolute Gasteiger partial charge is 0.157 e. The Morgan fingerprint density at radius 2 is 2.17 bits per heavy atom. The maximum Gasteiger partial charge on any atom is 0.157 e. The van der Waals surface area contributed by atoms with Crippen molar-refractivity contribution >= 4 is 11.5 Å². The number of nitrogens with zero attached hydrogens (tertiary/aromatic N) is 4. The van der Waals surface area contributed by atoms with Crippen molar-refractivity contribution in [2.45, 2.75) is 20.8 Å². The van der Waals surface area contributed by atoms with Crippen LogP contribution in [0.1, 0.15) is 19.4 Å². The summed E-state index contributed by atoms with van der Waals surface area (Å²) >= 11 is 0. The second kappa shape index (κ2) is 5.35. The summed E-state index contributed by atoms with van der Waals surface area (Å²) in [6, 6.07) is 4.17. The van der Waals surface area contributed by atoms with Crippen molar-refractivity contribution in [1.29, 1.82) is 0 Å². The van der Waals surface area contributed by atoms with Crippen molar-refractivity contribution in [3.63, 3.8) is 0 Å². The highest BCUT2D eigenvalue weighted by Crippen LogP contribution is 2.18. The minimum Gasteiger partial charge on any atom is -0.355 e. The molecule has 0 radical (unpaired) electrons. The molecule has 0 saturated heterocycles. The summed E-state index contributed by atoms with van der Waals surface area (Å²) in [6.45, 7) is 8.92. The zero-order valence-corrected chi connectivity index (χ0v) is 11.3. The number of fused-ring (bicyclic) bond motifs is 1. The summed E-state index contributed by atoms with van der Waals surface area (Å²) in [5, 5.41) is 4.29. The molecule has 0 aliphatic rings. The van der Waals surface area contributed by atoms with Crippen LogP contribution in [0.15, 0.2) is 18.5 Å². The Balaban J connectivity index is 2.44. The zero-order chi connectivity index (χ0) is 13.1. The highest BCUT2D eigenvalue weighted by atomic mass is 15.4. The lowest BCUT2D eigenvalue weighted by Gasteiger charge is -2.26. The van der Waals surface area contributed by atoms with Crippen molar-refractivity contribution in [3.05, 3.63) is 24.0 Å². The zero-order valence-electron chi connectivity index (χ0n) is 11.3. The minimum absolute atomic E-state index is 0.579. The van der Waals surface area contributed by atoms with Gasteiger partial charge in [-0.25, -0.2) is 4.98 Å². The molecular formula is C13H21N5. The highest BCUT2D eigenvalue weighted by molar-refractivity contribution is 5.52. The Morgan fingerprint density at radius 1 is 1.39 bits per heavy atom. The molecule has 0 aliphatic heterocycles. The molecule has 2 rings (SSSR count). The van der Waals surface area contributed by atoms with Crippen LogP contribution in [-0.2, 0) is 0 Å². The highest BCUT2D eigenvalue weighted by Gasteiger charge is 2.13. The summed E-state index contributed by atoms with van der Waals surface area (Å²) in [6.07, 6.45) is 1.59. The molecule has 0 spiro atoms. The molecule has 2 N–H and O–H groups in total. The van der Waals surface area contributed by atoms with Crippen LogP contribution >= 0.6 is 0 Å². The molecule has 0 fully saturated rings. The number of aromatic nitrogens is 3. The van der Waals surface area contributed by atoms with Gasteiger partial charge in [-0.2, -0.15) is 9.61 Å². The minimum atomic E-state index is 0.579. The fraction of sp³-hybridized carbons (Fsp3) is 0.538. The molecule has 0 unspecified atom stereocenters. The maximum atomic E-state index is 5.71. The first-order chi connectivity index (χ1) is 8.61. The predicted octanol–water partition coefficient (Wildman–Crippen LogP) is 1.46. The van der Waals surface area contributed by atoms with E-state index in [1.807, 2.05) is 10.6 Å². The van der Waals surface area contributed by atoms with Crippen LogP contribution in [0, 0.1) is 12.8 Å². The van der Waals surface area contributed by atoms with Gasteiger partial charge in [0.1, 0.15) is 12.1 Å². The fourth-order valence-corrected chi connectivity index (χ4v) is 2.16. The van der Waals surface area contributed by atoms with Gasteiger partial charge in [-0.3, -0.25) is 0 Å². The Hall–Kier alpha value is -1.62. The van der Waals surface area contributed by atoms with Gasteiger partial charge in [-0.1, -0.05) is 13.8 Å². The van der Waals surface area contributed by atoms with Crippen LogP contribution in [0.4, 0.5) is 5.82 Å². The summed E-state index contributed by atoms with van der Waals surface area (Å²) in [7, 11) is 0. The predicted molar refractivity (Wildman–Crippen MR) is 73.8 cm³/mol. The molecule has 0 aromatic carbocycles. The molecule has 0 bridgehead atoms. The molecule has 5 heteroatoms. The molecule has 0 amide bonds. The van der Waals surface area contributed by atoms with E-state index in [1.54, 1.807) is 6.33 Å². The quantitative estimate of drug-likeness (QED) is 0.869. The molecule has 98 valence electrons. The number of hydrogen-bond donors (Lipinski definition) is 1. The summed E-state index contributed by atoms with van der Waals surface area (Å²) in [5.74, 6) is 1.65. The van der Waals surface area contributed by atoms with Gasteiger partial charge in [0.15, 0.2) is 5.65 Å². The lowest BCUT2D eigenvalue weighted by Crippen LogP contribution is -2.34. The average Bonchev–Trinajstić information content (AvgIpc) is 2.74. The molecule has 2 aromatic heterocycles. The van der Waals surface area contributed by atoms with E-state index in [4.69, 9.17) is 5.73 Å². The molecule has 2 heterocycles. The monoisotopic (exact) mass is 247 g/mol. The van der Waals surface area contributed by atoms with Crippen LogP contribution in [0.3, 0.4) is 0 Å². The van der Waals surface area contributed by atoms with E-state index in [0.29, 0.717) is 12.5 Å². The summed E-state index contributed by atoms with van der Waals surface area (Å²) in [5.41, 5.74) is 7.79. The van der Waals surface area contributed by atoms with E-state index in [2.05, 4.69) is 41.8 Å². The number of aryl methyl sites for hydroxylation is 1. The van der Waals surface area contributed by atoms with Crippen LogP contribution in [0.5, 0.6) is 0 Å². The molecule has 0 atom stereocenters. The Bertz CT molecular complexity index is 517. The van der Waals surface area contributed by atoms with E-state index in [0.717, 1.165) is 24.6 Å². The van der Waals surface area contributed by atoms with E-state index >= 15 is 0 Å². The number of hydrogen-bond acceptors (Lipinski definition) is 4. The summed E-state index contributed by atoms with van der Waals surface area (Å²) in [4.78, 5) is 6.53. The fourth-order valence-electron chi connectivity index (χ4n) is 2.16. The Kier molecular flexibility index (Phi) is 3.81. The summed E-state index contributed by atoms with van der Waals surface area (Å²) < 4.78 is 1.88. The van der Waals surface area contributed by atoms with Gasteiger partial charge >= 0.3 is 0 Å². The van der Waals surface area contributed by atoms with Crippen molar-refractivity contribution in [2.24, 2.45) is 11.7 Å². The lowest BCUT2D eigenvalue weighted by molar-refractivity contribution is 0.602. The van der Waals surface area contributed by atoms with Gasteiger partial charge < -0.3 is 10.6 Å². The third-order valence-corrected chi connectivity index (χ3v) is 2.81. The first-order valence-electron chi connectivity index (χ1n) is 6.37. The molecule has 0 saturated carbocycles. The molecule has 0 aliphatic carbocycles. The van der Waals surface area contributed by atoms with Gasteiger partial charge in [-0.15, -0.1) is 0 Å². The van der Waals surface area contributed by atoms with Gasteiger partial charge in [0.05, 0.1) is 0 Å². The molecule has 5 nitrogen and oxygen atoms in total. The van der Waals surface area contributed by atoms with Crippen molar-refractivity contribution in [1.82, 2.24) is 14.6 Å². The topological polar surface area (TPSA) is 59.5 Å². The maximum absolute atomic E-state index is 5.71. The Labute approximate surface area is 108 Å². The van der Waals surface area contributed by atoms with Crippen molar-refractivity contribution < 1.29 is 0 Å². The van der Waals surface area contributed by atoms with E-state index < -0.39 is 0 Å². The molecule has 18 heavy (non-hydrogen) atoms.